The van der Waals surface area contributed by atoms with E-state index in [9.17, 15) is 9.59 Å². The Balaban J connectivity index is 1.97. The Morgan fingerprint density at radius 3 is 2.26 bits per heavy atom. The molecule has 4 heteroatoms. The van der Waals surface area contributed by atoms with Crippen LogP contribution >= 0.6 is 0 Å². The van der Waals surface area contributed by atoms with Gasteiger partial charge in [0, 0.05) is 13.0 Å². The molecule has 118 valence electrons. The molecule has 0 unspecified atom stereocenters. The number of primary amides is 1. The fourth-order valence-electron chi connectivity index (χ4n) is 3.28. The van der Waals surface area contributed by atoms with E-state index in [0.29, 0.717) is 19.4 Å². The van der Waals surface area contributed by atoms with Crippen LogP contribution in [-0.2, 0) is 16.1 Å². The molecule has 1 saturated heterocycles. The Hall–Kier alpha value is -2.62. The van der Waals surface area contributed by atoms with Crippen molar-refractivity contribution < 1.29 is 9.59 Å². The number of hydrogen-bond donors (Lipinski definition) is 1. The zero-order valence-electron chi connectivity index (χ0n) is 12.9. The summed E-state index contributed by atoms with van der Waals surface area (Å²) in [7, 11) is 0. The molecule has 1 aliphatic rings. The number of likely N-dealkylation sites (tertiary alicyclic amines) is 1. The summed E-state index contributed by atoms with van der Waals surface area (Å²) in [5.41, 5.74) is 7.63. The highest BCUT2D eigenvalue weighted by Crippen LogP contribution is 2.37. The minimum absolute atomic E-state index is 0.0696. The van der Waals surface area contributed by atoms with Crippen LogP contribution in [0.5, 0.6) is 0 Å². The molecule has 0 aromatic heterocycles. The van der Waals surface area contributed by atoms with E-state index >= 15 is 0 Å². The molecule has 3 rings (SSSR count). The van der Waals surface area contributed by atoms with Crippen molar-refractivity contribution in [2.75, 3.05) is 0 Å². The molecule has 1 fully saturated rings. The van der Waals surface area contributed by atoms with Gasteiger partial charge in [-0.1, -0.05) is 60.7 Å². The maximum Gasteiger partial charge on any atom is 0.223 e. The number of benzene rings is 2. The lowest BCUT2D eigenvalue weighted by atomic mass is 9.83. The van der Waals surface area contributed by atoms with Crippen molar-refractivity contribution in [2.45, 2.75) is 25.4 Å². The molecular weight excluding hydrogens is 288 g/mol. The van der Waals surface area contributed by atoms with Gasteiger partial charge in [0.25, 0.3) is 0 Å². The van der Waals surface area contributed by atoms with E-state index in [2.05, 4.69) is 0 Å². The molecular formula is C19H20N2O2. The second-order valence-electron chi connectivity index (χ2n) is 5.91. The van der Waals surface area contributed by atoms with Crippen LogP contribution in [0.4, 0.5) is 0 Å². The van der Waals surface area contributed by atoms with E-state index < -0.39 is 0 Å². The minimum Gasteiger partial charge on any atom is -0.369 e. The van der Waals surface area contributed by atoms with Gasteiger partial charge in [-0.2, -0.15) is 0 Å². The lowest BCUT2D eigenvalue weighted by molar-refractivity contribution is -0.143. The largest absolute Gasteiger partial charge is 0.369 e. The second kappa shape index (κ2) is 6.65. The molecule has 1 aliphatic heterocycles. The Bertz CT molecular complexity index is 685. The zero-order chi connectivity index (χ0) is 16.2. The summed E-state index contributed by atoms with van der Waals surface area (Å²) in [5, 5.41) is 0. The molecule has 2 aromatic carbocycles. The van der Waals surface area contributed by atoms with E-state index in [0.717, 1.165) is 11.1 Å². The van der Waals surface area contributed by atoms with Crippen molar-refractivity contribution in [2.24, 2.45) is 11.7 Å². The van der Waals surface area contributed by atoms with Crippen LogP contribution in [0.1, 0.15) is 30.0 Å². The fourth-order valence-corrected chi connectivity index (χ4v) is 3.28. The van der Waals surface area contributed by atoms with Crippen molar-refractivity contribution >= 4 is 11.8 Å². The van der Waals surface area contributed by atoms with Gasteiger partial charge < -0.3 is 10.6 Å². The van der Waals surface area contributed by atoms with Crippen molar-refractivity contribution in [1.82, 2.24) is 4.90 Å². The zero-order valence-corrected chi connectivity index (χ0v) is 12.9. The molecule has 0 aliphatic carbocycles. The van der Waals surface area contributed by atoms with Crippen molar-refractivity contribution in [3.8, 4) is 0 Å². The molecule has 2 aromatic rings. The maximum atomic E-state index is 12.5. The molecule has 0 spiro atoms. The van der Waals surface area contributed by atoms with Gasteiger partial charge in [-0.05, 0) is 17.5 Å². The average Bonchev–Trinajstić information content (AvgIpc) is 2.58. The second-order valence-corrected chi connectivity index (χ2v) is 5.91. The number of nitrogens with two attached hydrogens (primary N) is 1. The number of carbonyl (C=O) groups excluding carboxylic acids is 2. The van der Waals surface area contributed by atoms with Crippen molar-refractivity contribution in [3.63, 3.8) is 0 Å². The summed E-state index contributed by atoms with van der Waals surface area (Å²) in [6.45, 7) is 0.489. The number of hydrogen-bond acceptors (Lipinski definition) is 2. The predicted octanol–water partition coefficient (Wildman–Crippen LogP) is 2.65. The predicted molar refractivity (Wildman–Crippen MR) is 88.1 cm³/mol. The van der Waals surface area contributed by atoms with Gasteiger partial charge in [0.2, 0.25) is 11.8 Å². The van der Waals surface area contributed by atoms with Gasteiger partial charge in [-0.3, -0.25) is 9.59 Å². The van der Waals surface area contributed by atoms with Crippen LogP contribution in [-0.4, -0.2) is 16.7 Å². The molecule has 2 N–H and O–H groups in total. The number of piperidine rings is 1. The first-order chi connectivity index (χ1) is 11.2. The molecule has 2 atom stereocenters. The van der Waals surface area contributed by atoms with Crippen LogP contribution < -0.4 is 5.73 Å². The summed E-state index contributed by atoms with van der Waals surface area (Å²) in [5.74, 6) is -0.622. The number of nitrogens with zero attached hydrogens (tertiary/aromatic N) is 1. The first-order valence-corrected chi connectivity index (χ1v) is 7.84. The summed E-state index contributed by atoms with van der Waals surface area (Å²) >= 11 is 0. The van der Waals surface area contributed by atoms with Gasteiger partial charge in [0.1, 0.15) is 0 Å². The highest BCUT2D eigenvalue weighted by atomic mass is 16.2. The van der Waals surface area contributed by atoms with Gasteiger partial charge in [-0.25, -0.2) is 0 Å². The van der Waals surface area contributed by atoms with Crippen LogP contribution in [0.15, 0.2) is 60.7 Å². The summed E-state index contributed by atoms with van der Waals surface area (Å²) in [6.07, 6.45) is 0.878. The third kappa shape index (κ3) is 3.26. The highest BCUT2D eigenvalue weighted by Gasteiger charge is 2.39. The lowest BCUT2D eigenvalue weighted by Gasteiger charge is -2.40. The molecule has 0 bridgehead atoms. The van der Waals surface area contributed by atoms with E-state index in [1.807, 2.05) is 60.7 Å². The normalized spacial score (nSPS) is 21.2. The topological polar surface area (TPSA) is 63.4 Å². The molecule has 0 saturated carbocycles. The Morgan fingerprint density at radius 2 is 1.65 bits per heavy atom. The monoisotopic (exact) mass is 308 g/mol. The van der Waals surface area contributed by atoms with E-state index in [1.165, 1.54) is 0 Å². The number of rotatable bonds is 4. The van der Waals surface area contributed by atoms with Crippen LogP contribution in [0, 0.1) is 5.92 Å². The highest BCUT2D eigenvalue weighted by molar-refractivity contribution is 5.84. The standard InChI is InChI=1S/C19H20N2O2/c20-19(23)16-11-12-17(22)21(13-14-7-3-1-4-8-14)18(16)15-9-5-2-6-10-15/h1-10,16,18H,11-13H2,(H2,20,23)/t16-,18+/m1/s1. The van der Waals surface area contributed by atoms with Crippen LogP contribution in [0.3, 0.4) is 0 Å². The maximum absolute atomic E-state index is 12.5. The third-order valence-electron chi connectivity index (χ3n) is 4.41. The quantitative estimate of drug-likeness (QED) is 0.943. The third-order valence-corrected chi connectivity index (χ3v) is 4.41. The lowest BCUT2D eigenvalue weighted by Crippen LogP contribution is -2.46. The van der Waals surface area contributed by atoms with Crippen LogP contribution in [0.25, 0.3) is 0 Å². The fraction of sp³-hybridized carbons (Fsp3) is 0.263. The molecule has 1 heterocycles. The SMILES string of the molecule is NC(=O)[C@@H]1CCC(=O)N(Cc2ccccc2)[C@H]1c1ccccc1. The molecule has 4 nitrogen and oxygen atoms in total. The summed E-state index contributed by atoms with van der Waals surface area (Å²) < 4.78 is 0. The molecule has 2 amide bonds. The summed E-state index contributed by atoms with van der Waals surface area (Å²) in [6, 6.07) is 19.2. The smallest absolute Gasteiger partial charge is 0.223 e. The average molecular weight is 308 g/mol. The number of amides is 2. The first kappa shape index (κ1) is 15.3. The summed E-state index contributed by atoms with van der Waals surface area (Å²) in [4.78, 5) is 26.2. The Morgan fingerprint density at radius 1 is 1.04 bits per heavy atom. The van der Waals surface area contributed by atoms with Gasteiger partial charge in [0.05, 0.1) is 12.0 Å². The minimum atomic E-state index is -0.348. The Kier molecular flexibility index (Phi) is 4.42. The van der Waals surface area contributed by atoms with Gasteiger partial charge in [0.15, 0.2) is 0 Å². The molecule has 0 radical (unpaired) electrons. The van der Waals surface area contributed by atoms with Gasteiger partial charge >= 0.3 is 0 Å². The first-order valence-electron chi connectivity index (χ1n) is 7.84. The van der Waals surface area contributed by atoms with Crippen LogP contribution in [0.2, 0.25) is 0 Å². The van der Waals surface area contributed by atoms with Crippen molar-refractivity contribution in [1.29, 1.82) is 0 Å². The van der Waals surface area contributed by atoms with E-state index in [-0.39, 0.29) is 23.8 Å². The van der Waals surface area contributed by atoms with E-state index in [4.69, 9.17) is 5.73 Å². The van der Waals surface area contributed by atoms with Gasteiger partial charge in [-0.15, -0.1) is 0 Å². The molecule has 23 heavy (non-hydrogen) atoms. The Labute approximate surface area is 135 Å². The van der Waals surface area contributed by atoms with Crippen molar-refractivity contribution in [3.05, 3.63) is 71.8 Å². The van der Waals surface area contributed by atoms with E-state index in [1.54, 1.807) is 4.90 Å². The number of carbonyl (C=O) groups is 2.